The summed E-state index contributed by atoms with van der Waals surface area (Å²) in [5.41, 5.74) is 1.20. The maximum atomic E-state index is 13.0. The van der Waals surface area contributed by atoms with E-state index in [4.69, 9.17) is 14.2 Å². The molecule has 0 aromatic heterocycles. The molecule has 2 aromatic carbocycles. The lowest BCUT2D eigenvalue weighted by Crippen LogP contribution is -2.05. The lowest BCUT2D eigenvalue weighted by Gasteiger charge is -2.10. The quantitative estimate of drug-likeness (QED) is 0.458. The van der Waals surface area contributed by atoms with Crippen molar-refractivity contribution in [3.8, 4) is 11.5 Å². The number of aliphatic imine (C=N–C) groups is 1. The molecule has 0 amide bonds. The number of cyclic esters (lactones) is 1. The van der Waals surface area contributed by atoms with Crippen molar-refractivity contribution in [3.05, 3.63) is 65.1 Å². The van der Waals surface area contributed by atoms with E-state index in [2.05, 4.69) is 4.99 Å². The Labute approximate surface area is 154 Å². The molecule has 2 aromatic rings. The van der Waals surface area contributed by atoms with E-state index in [0.717, 1.165) is 0 Å². The van der Waals surface area contributed by atoms with Gasteiger partial charge >= 0.3 is 11.9 Å². The third-order valence-electron chi connectivity index (χ3n) is 3.54. The van der Waals surface area contributed by atoms with Gasteiger partial charge in [-0.3, -0.25) is 4.79 Å². The van der Waals surface area contributed by atoms with Crippen molar-refractivity contribution < 1.29 is 28.2 Å². The first-order valence-corrected chi connectivity index (χ1v) is 8.20. The molecule has 7 heteroatoms. The molecule has 3 rings (SSSR count). The Morgan fingerprint density at radius 1 is 1.19 bits per heavy atom. The van der Waals surface area contributed by atoms with Gasteiger partial charge in [0.15, 0.2) is 17.2 Å². The maximum absolute atomic E-state index is 13.0. The van der Waals surface area contributed by atoms with Gasteiger partial charge < -0.3 is 14.2 Å². The Bertz CT molecular complexity index is 947. The molecule has 0 saturated heterocycles. The summed E-state index contributed by atoms with van der Waals surface area (Å²) >= 11 is 0. The number of ether oxygens (including phenoxy) is 3. The molecule has 0 atom stereocenters. The second kappa shape index (κ2) is 7.82. The van der Waals surface area contributed by atoms with Gasteiger partial charge in [-0.2, -0.15) is 0 Å². The molecular weight excluding hydrogens is 353 g/mol. The molecule has 0 spiro atoms. The van der Waals surface area contributed by atoms with Crippen LogP contribution >= 0.6 is 0 Å². The third kappa shape index (κ3) is 4.38. The Hall–Kier alpha value is -3.48. The SMILES string of the molecule is CCOc1cc(/C=C2/N=C(c3ccc(F)cc3)OC2=O)ccc1OC(C)=O. The van der Waals surface area contributed by atoms with Gasteiger partial charge in [0.05, 0.1) is 6.61 Å². The smallest absolute Gasteiger partial charge is 0.363 e. The molecule has 138 valence electrons. The largest absolute Gasteiger partial charge is 0.490 e. The minimum atomic E-state index is -0.614. The number of rotatable bonds is 5. The number of carbonyl (C=O) groups is 2. The number of esters is 2. The fourth-order valence-electron chi connectivity index (χ4n) is 2.40. The van der Waals surface area contributed by atoms with E-state index in [1.807, 2.05) is 0 Å². The van der Waals surface area contributed by atoms with E-state index in [0.29, 0.717) is 23.5 Å². The number of halogens is 1. The molecule has 0 unspecified atom stereocenters. The predicted molar refractivity (Wildman–Crippen MR) is 95.9 cm³/mol. The topological polar surface area (TPSA) is 74.2 Å². The van der Waals surface area contributed by atoms with Gasteiger partial charge in [0, 0.05) is 12.5 Å². The molecule has 0 fully saturated rings. The van der Waals surface area contributed by atoms with Gasteiger partial charge in [0.2, 0.25) is 5.90 Å². The Kier molecular flexibility index (Phi) is 5.30. The van der Waals surface area contributed by atoms with Gasteiger partial charge in [0.25, 0.3) is 0 Å². The van der Waals surface area contributed by atoms with Crippen LogP contribution in [0.1, 0.15) is 25.0 Å². The predicted octanol–water partition coefficient (Wildman–Crippen LogP) is 3.49. The van der Waals surface area contributed by atoms with Crippen LogP contribution in [0.5, 0.6) is 11.5 Å². The van der Waals surface area contributed by atoms with Crippen LogP contribution < -0.4 is 9.47 Å². The highest BCUT2D eigenvalue weighted by Gasteiger charge is 2.24. The second-order valence-corrected chi connectivity index (χ2v) is 5.58. The Morgan fingerprint density at radius 2 is 1.93 bits per heavy atom. The first-order chi connectivity index (χ1) is 13.0. The molecule has 27 heavy (non-hydrogen) atoms. The van der Waals surface area contributed by atoms with E-state index in [1.165, 1.54) is 37.3 Å². The van der Waals surface area contributed by atoms with Crippen molar-refractivity contribution in [3.63, 3.8) is 0 Å². The zero-order valence-corrected chi connectivity index (χ0v) is 14.7. The number of nitrogens with zero attached hydrogens (tertiary/aromatic N) is 1. The van der Waals surface area contributed by atoms with Crippen molar-refractivity contribution in [1.29, 1.82) is 0 Å². The van der Waals surface area contributed by atoms with Crippen LogP contribution in [0.15, 0.2) is 53.2 Å². The van der Waals surface area contributed by atoms with E-state index in [1.54, 1.807) is 25.1 Å². The molecule has 1 aliphatic rings. The molecule has 0 bridgehead atoms. The fraction of sp³-hybridized carbons (Fsp3) is 0.150. The van der Waals surface area contributed by atoms with E-state index < -0.39 is 17.8 Å². The third-order valence-corrected chi connectivity index (χ3v) is 3.54. The molecule has 0 radical (unpaired) electrons. The summed E-state index contributed by atoms with van der Waals surface area (Å²) in [6.45, 7) is 3.48. The number of carbonyl (C=O) groups excluding carboxylic acids is 2. The molecule has 0 aliphatic carbocycles. The molecule has 1 heterocycles. The number of benzene rings is 2. The fourth-order valence-corrected chi connectivity index (χ4v) is 2.40. The standard InChI is InChI=1S/C20H16FNO5/c1-3-25-18-11-13(4-9-17(18)26-12(2)23)10-16-20(24)27-19(22-16)14-5-7-15(21)8-6-14/h4-11H,3H2,1-2H3/b16-10+. The molecule has 6 nitrogen and oxygen atoms in total. The lowest BCUT2D eigenvalue weighted by atomic mass is 10.1. The van der Waals surface area contributed by atoms with Crippen molar-refractivity contribution >= 4 is 23.9 Å². The van der Waals surface area contributed by atoms with Gasteiger partial charge in [-0.1, -0.05) is 6.07 Å². The van der Waals surface area contributed by atoms with E-state index >= 15 is 0 Å². The summed E-state index contributed by atoms with van der Waals surface area (Å²) in [5.74, 6) is -0.706. The van der Waals surface area contributed by atoms with Crippen molar-refractivity contribution in [2.24, 2.45) is 4.99 Å². The molecule has 0 saturated carbocycles. The highest BCUT2D eigenvalue weighted by atomic mass is 19.1. The number of hydrogen-bond donors (Lipinski definition) is 0. The van der Waals surface area contributed by atoms with Gasteiger partial charge in [-0.15, -0.1) is 0 Å². The Balaban J connectivity index is 1.91. The van der Waals surface area contributed by atoms with Crippen LogP contribution in [0, 0.1) is 5.82 Å². The van der Waals surface area contributed by atoms with Gasteiger partial charge in [0.1, 0.15) is 5.82 Å². The highest BCUT2D eigenvalue weighted by Crippen LogP contribution is 2.30. The summed E-state index contributed by atoms with van der Waals surface area (Å²) < 4.78 is 28.7. The Morgan fingerprint density at radius 3 is 2.59 bits per heavy atom. The van der Waals surface area contributed by atoms with Gasteiger partial charge in [-0.05, 0) is 55.0 Å². The summed E-state index contributed by atoms with van der Waals surface area (Å²) in [5, 5.41) is 0. The summed E-state index contributed by atoms with van der Waals surface area (Å²) in [6.07, 6.45) is 1.53. The van der Waals surface area contributed by atoms with Crippen LogP contribution in [-0.2, 0) is 14.3 Å². The minimum absolute atomic E-state index is 0.0945. The highest BCUT2D eigenvalue weighted by molar-refractivity contribution is 6.12. The van der Waals surface area contributed by atoms with Crippen LogP contribution in [0.25, 0.3) is 6.08 Å². The second-order valence-electron chi connectivity index (χ2n) is 5.58. The normalized spacial score (nSPS) is 14.7. The summed E-state index contributed by atoms with van der Waals surface area (Å²) in [7, 11) is 0. The van der Waals surface area contributed by atoms with E-state index in [9.17, 15) is 14.0 Å². The van der Waals surface area contributed by atoms with E-state index in [-0.39, 0.29) is 17.3 Å². The average molecular weight is 369 g/mol. The van der Waals surface area contributed by atoms with Crippen LogP contribution in [-0.4, -0.2) is 24.4 Å². The van der Waals surface area contributed by atoms with Gasteiger partial charge in [-0.25, -0.2) is 14.2 Å². The zero-order valence-electron chi connectivity index (χ0n) is 14.7. The van der Waals surface area contributed by atoms with Crippen molar-refractivity contribution in [2.45, 2.75) is 13.8 Å². The summed E-state index contributed by atoms with van der Waals surface area (Å²) in [4.78, 5) is 27.4. The minimum Gasteiger partial charge on any atom is -0.490 e. The van der Waals surface area contributed by atoms with Crippen LogP contribution in [0.3, 0.4) is 0 Å². The first-order valence-electron chi connectivity index (χ1n) is 8.20. The zero-order chi connectivity index (χ0) is 19.4. The van der Waals surface area contributed by atoms with Crippen LogP contribution in [0.2, 0.25) is 0 Å². The lowest BCUT2D eigenvalue weighted by molar-refractivity contribution is -0.132. The summed E-state index contributed by atoms with van der Waals surface area (Å²) in [6, 6.07) is 10.3. The molecular formula is C20H16FNO5. The average Bonchev–Trinajstić information content (AvgIpc) is 2.98. The monoisotopic (exact) mass is 369 g/mol. The van der Waals surface area contributed by atoms with Crippen LogP contribution in [0.4, 0.5) is 4.39 Å². The molecule has 0 N–H and O–H groups in total. The van der Waals surface area contributed by atoms with Crippen molar-refractivity contribution in [1.82, 2.24) is 0 Å². The molecule has 1 aliphatic heterocycles. The number of hydrogen-bond acceptors (Lipinski definition) is 6. The van der Waals surface area contributed by atoms with Crippen molar-refractivity contribution in [2.75, 3.05) is 6.61 Å². The maximum Gasteiger partial charge on any atom is 0.363 e. The first kappa shape index (κ1) is 18.3.